The van der Waals surface area contributed by atoms with Gasteiger partial charge < -0.3 is 14.6 Å². The lowest BCUT2D eigenvalue weighted by atomic mass is 10.1. The summed E-state index contributed by atoms with van der Waals surface area (Å²) in [6.07, 6.45) is -1.34. The molecule has 1 N–H and O–H groups in total. The van der Waals surface area contributed by atoms with Crippen LogP contribution in [0.1, 0.15) is 12.5 Å². The largest absolute Gasteiger partial charge is 0.480 e. The fourth-order valence-electron chi connectivity index (χ4n) is 1.74. The molecule has 2 unspecified atom stereocenters. The summed E-state index contributed by atoms with van der Waals surface area (Å²) in [7, 11) is 2.77. The molecule has 2 atom stereocenters. The van der Waals surface area contributed by atoms with E-state index in [4.69, 9.17) is 14.6 Å². The van der Waals surface area contributed by atoms with Crippen LogP contribution in [-0.4, -0.2) is 48.4 Å². The van der Waals surface area contributed by atoms with Gasteiger partial charge in [-0.3, -0.25) is 4.90 Å². The molecule has 1 amide bonds. The summed E-state index contributed by atoms with van der Waals surface area (Å²) in [5.74, 6) is -1.14. The van der Waals surface area contributed by atoms with Crippen molar-refractivity contribution in [3.8, 4) is 0 Å². The van der Waals surface area contributed by atoms with Gasteiger partial charge in [0.2, 0.25) is 0 Å². The van der Waals surface area contributed by atoms with Crippen LogP contribution in [0.2, 0.25) is 0 Å². The van der Waals surface area contributed by atoms with Crippen LogP contribution in [0.25, 0.3) is 0 Å². The number of rotatable bonds is 6. The van der Waals surface area contributed by atoms with Gasteiger partial charge in [-0.05, 0) is 12.5 Å². The van der Waals surface area contributed by atoms with Crippen molar-refractivity contribution in [2.75, 3.05) is 14.2 Å². The number of carboxylic acids is 1. The molecule has 0 aliphatic rings. The standard InChI is InChI=1S/C14H19NO5/c1-10(19-3)12(13(16)17)15(2)14(18)20-9-11-7-5-4-6-8-11/h4-8,10,12H,9H2,1-3H3,(H,16,17). The molecule has 1 aromatic rings. The van der Waals surface area contributed by atoms with Crippen LogP contribution >= 0.6 is 0 Å². The number of hydrogen-bond acceptors (Lipinski definition) is 4. The maximum atomic E-state index is 11.9. The lowest BCUT2D eigenvalue weighted by Crippen LogP contribution is -2.49. The first-order chi connectivity index (χ1) is 9.47. The lowest BCUT2D eigenvalue weighted by Gasteiger charge is -2.27. The highest BCUT2D eigenvalue weighted by atomic mass is 16.6. The summed E-state index contributed by atoms with van der Waals surface area (Å²) in [4.78, 5) is 24.1. The van der Waals surface area contributed by atoms with Crippen molar-refractivity contribution in [3.05, 3.63) is 35.9 Å². The Balaban J connectivity index is 2.63. The Morgan fingerprint density at radius 1 is 1.30 bits per heavy atom. The molecular weight excluding hydrogens is 262 g/mol. The number of carbonyl (C=O) groups excluding carboxylic acids is 1. The number of hydrogen-bond donors (Lipinski definition) is 1. The van der Waals surface area contributed by atoms with Crippen LogP contribution in [-0.2, 0) is 20.9 Å². The molecule has 6 heteroatoms. The normalized spacial score (nSPS) is 13.3. The number of amides is 1. The summed E-state index contributed by atoms with van der Waals surface area (Å²) in [6, 6.07) is 8.07. The number of likely N-dealkylation sites (N-methyl/N-ethyl adjacent to an activating group) is 1. The highest BCUT2D eigenvalue weighted by Crippen LogP contribution is 2.09. The van der Waals surface area contributed by atoms with Gasteiger partial charge in [-0.1, -0.05) is 30.3 Å². The van der Waals surface area contributed by atoms with Crippen molar-refractivity contribution in [3.63, 3.8) is 0 Å². The Morgan fingerprint density at radius 3 is 2.40 bits per heavy atom. The maximum absolute atomic E-state index is 11.9. The van der Waals surface area contributed by atoms with Gasteiger partial charge >= 0.3 is 12.1 Å². The minimum Gasteiger partial charge on any atom is -0.480 e. The molecule has 1 rings (SSSR count). The first-order valence-corrected chi connectivity index (χ1v) is 6.16. The van der Waals surface area contributed by atoms with Gasteiger partial charge in [-0.25, -0.2) is 9.59 Å². The van der Waals surface area contributed by atoms with Crippen LogP contribution in [0.4, 0.5) is 4.79 Å². The predicted octanol–water partition coefficient (Wildman–Crippen LogP) is 1.74. The quantitative estimate of drug-likeness (QED) is 0.859. The van der Waals surface area contributed by atoms with Gasteiger partial charge in [-0.2, -0.15) is 0 Å². The van der Waals surface area contributed by atoms with Crippen LogP contribution in [0.5, 0.6) is 0 Å². The average Bonchev–Trinajstić information content (AvgIpc) is 2.45. The fourth-order valence-corrected chi connectivity index (χ4v) is 1.74. The Kier molecular flexibility index (Phi) is 5.99. The van der Waals surface area contributed by atoms with Crippen molar-refractivity contribution in [2.45, 2.75) is 25.7 Å². The van der Waals surface area contributed by atoms with E-state index in [2.05, 4.69) is 0 Å². The zero-order valence-corrected chi connectivity index (χ0v) is 11.8. The van der Waals surface area contributed by atoms with E-state index in [-0.39, 0.29) is 6.61 Å². The molecule has 110 valence electrons. The third-order valence-electron chi connectivity index (χ3n) is 2.98. The van der Waals surface area contributed by atoms with E-state index in [1.54, 1.807) is 6.92 Å². The van der Waals surface area contributed by atoms with Gasteiger partial charge in [0, 0.05) is 14.2 Å². The molecular formula is C14H19NO5. The average molecular weight is 281 g/mol. The fraction of sp³-hybridized carbons (Fsp3) is 0.429. The third-order valence-corrected chi connectivity index (χ3v) is 2.98. The Bertz CT molecular complexity index is 448. The van der Waals surface area contributed by atoms with Crippen LogP contribution < -0.4 is 0 Å². The number of ether oxygens (including phenoxy) is 2. The summed E-state index contributed by atoms with van der Waals surface area (Å²) in [5.41, 5.74) is 0.834. The summed E-state index contributed by atoms with van der Waals surface area (Å²) in [6.45, 7) is 1.68. The molecule has 0 radical (unpaired) electrons. The molecule has 0 spiro atoms. The topological polar surface area (TPSA) is 76.1 Å². The van der Waals surface area contributed by atoms with E-state index in [9.17, 15) is 9.59 Å². The van der Waals surface area contributed by atoms with Gasteiger partial charge in [0.05, 0.1) is 6.10 Å². The molecule has 0 saturated carbocycles. The molecule has 0 heterocycles. The minimum absolute atomic E-state index is 0.0950. The molecule has 0 aromatic heterocycles. The SMILES string of the molecule is COC(C)C(C(=O)O)N(C)C(=O)OCc1ccccc1. The predicted molar refractivity (Wildman–Crippen MR) is 72.3 cm³/mol. The molecule has 20 heavy (non-hydrogen) atoms. The minimum atomic E-state index is -1.14. The highest BCUT2D eigenvalue weighted by molar-refractivity contribution is 5.80. The second-order valence-electron chi connectivity index (χ2n) is 4.37. The number of methoxy groups -OCH3 is 1. The Morgan fingerprint density at radius 2 is 1.90 bits per heavy atom. The van der Waals surface area contributed by atoms with E-state index < -0.39 is 24.2 Å². The van der Waals surface area contributed by atoms with Crippen molar-refractivity contribution >= 4 is 12.1 Å². The Hall–Kier alpha value is -2.08. The number of carboxylic acid groups (broad SMARTS) is 1. The summed E-state index contributed by atoms with van der Waals surface area (Å²) < 4.78 is 10.1. The van der Waals surface area contributed by atoms with Crippen LogP contribution in [0.3, 0.4) is 0 Å². The van der Waals surface area contributed by atoms with E-state index in [1.165, 1.54) is 14.2 Å². The Labute approximate surface area is 117 Å². The second-order valence-corrected chi connectivity index (χ2v) is 4.37. The van der Waals surface area contributed by atoms with Gasteiger partial charge in [-0.15, -0.1) is 0 Å². The lowest BCUT2D eigenvalue weighted by molar-refractivity contribution is -0.146. The molecule has 0 bridgehead atoms. The zero-order valence-electron chi connectivity index (χ0n) is 11.8. The number of nitrogens with zero attached hydrogens (tertiary/aromatic N) is 1. The van der Waals surface area contributed by atoms with E-state index in [1.807, 2.05) is 30.3 Å². The number of aliphatic carboxylic acids is 1. The molecule has 0 aliphatic carbocycles. The van der Waals surface area contributed by atoms with E-state index in [0.29, 0.717) is 0 Å². The third kappa shape index (κ3) is 4.24. The van der Waals surface area contributed by atoms with Gasteiger partial charge in [0.1, 0.15) is 6.61 Å². The van der Waals surface area contributed by atoms with Crippen molar-refractivity contribution in [1.82, 2.24) is 4.90 Å². The molecule has 0 aliphatic heterocycles. The summed E-state index contributed by atoms with van der Waals surface area (Å²) in [5, 5.41) is 9.15. The van der Waals surface area contributed by atoms with Crippen molar-refractivity contribution < 1.29 is 24.2 Å². The molecule has 0 saturated heterocycles. The van der Waals surface area contributed by atoms with Crippen LogP contribution in [0, 0.1) is 0 Å². The maximum Gasteiger partial charge on any atom is 0.410 e. The monoisotopic (exact) mass is 281 g/mol. The molecule has 6 nitrogen and oxygen atoms in total. The number of carbonyl (C=O) groups is 2. The van der Waals surface area contributed by atoms with Gasteiger partial charge in [0.15, 0.2) is 6.04 Å². The smallest absolute Gasteiger partial charge is 0.410 e. The second kappa shape index (κ2) is 7.49. The van der Waals surface area contributed by atoms with E-state index >= 15 is 0 Å². The number of benzene rings is 1. The van der Waals surface area contributed by atoms with Crippen LogP contribution in [0.15, 0.2) is 30.3 Å². The van der Waals surface area contributed by atoms with Crippen molar-refractivity contribution in [1.29, 1.82) is 0 Å². The molecule has 0 fully saturated rings. The summed E-state index contributed by atoms with van der Waals surface area (Å²) >= 11 is 0. The first-order valence-electron chi connectivity index (χ1n) is 6.16. The first kappa shape index (κ1) is 16.0. The zero-order chi connectivity index (χ0) is 15.1. The van der Waals surface area contributed by atoms with Crippen molar-refractivity contribution in [2.24, 2.45) is 0 Å². The molecule has 1 aromatic carbocycles. The highest BCUT2D eigenvalue weighted by Gasteiger charge is 2.32. The van der Waals surface area contributed by atoms with Gasteiger partial charge in [0.25, 0.3) is 0 Å². The van der Waals surface area contributed by atoms with E-state index in [0.717, 1.165) is 10.5 Å².